The van der Waals surface area contributed by atoms with Gasteiger partial charge in [0, 0.05) is 17.4 Å². The molecule has 0 spiro atoms. The first-order valence-electron chi connectivity index (χ1n) is 7.11. The number of carbonyl (C=O) groups excluding carboxylic acids is 1. The molecule has 0 saturated carbocycles. The first-order valence-corrected chi connectivity index (χ1v) is 7.11. The number of aryl methyl sites for hydroxylation is 1. The van der Waals surface area contributed by atoms with Crippen LogP contribution < -0.4 is 15.6 Å². The lowest BCUT2D eigenvalue weighted by Crippen LogP contribution is -2.27. The molecule has 0 atom stereocenters. The topological polar surface area (TPSA) is 73.2 Å². The van der Waals surface area contributed by atoms with Crippen molar-refractivity contribution in [1.82, 2.24) is 9.55 Å². The number of anilines is 1. The molecule has 116 valence electrons. The number of benzene rings is 1. The van der Waals surface area contributed by atoms with Crippen molar-refractivity contribution in [1.29, 1.82) is 0 Å². The van der Waals surface area contributed by atoms with Crippen LogP contribution in [0.1, 0.15) is 19.0 Å². The molecule has 2 rings (SSSR count). The summed E-state index contributed by atoms with van der Waals surface area (Å²) in [6.45, 7) is 1.96. The summed E-state index contributed by atoms with van der Waals surface area (Å²) in [5, 5.41) is 2.73. The summed E-state index contributed by atoms with van der Waals surface area (Å²) in [6, 6.07) is 8.46. The van der Waals surface area contributed by atoms with E-state index in [0.29, 0.717) is 11.4 Å². The molecule has 1 amide bonds. The fourth-order valence-electron chi connectivity index (χ4n) is 2.00. The van der Waals surface area contributed by atoms with Crippen molar-refractivity contribution in [3.05, 3.63) is 52.7 Å². The van der Waals surface area contributed by atoms with Crippen LogP contribution in [0.5, 0.6) is 5.75 Å². The number of amides is 1. The predicted molar refractivity (Wildman–Crippen MR) is 84.1 cm³/mol. The number of carbonyl (C=O) groups is 1. The van der Waals surface area contributed by atoms with Gasteiger partial charge in [0.15, 0.2) is 0 Å². The number of nitrogens with zero attached hydrogens (tertiary/aromatic N) is 2. The lowest BCUT2D eigenvalue weighted by Gasteiger charge is -2.08. The minimum atomic E-state index is -0.280. The molecule has 0 fully saturated rings. The second-order valence-corrected chi connectivity index (χ2v) is 4.87. The van der Waals surface area contributed by atoms with Gasteiger partial charge in [-0.25, -0.2) is 4.98 Å². The van der Waals surface area contributed by atoms with Crippen LogP contribution in [0.2, 0.25) is 0 Å². The van der Waals surface area contributed by atoms with Gasteiger partial charge in [-0.05, 0) is 30.7 Å². The van der Waals surface area contributed by atoms with E-state index in [1.54, 1.807) is 31.4 Å². The molecule has 0 aliphatic carbocycles. The van der Waals surface area contributed by atoms with Crippen molar-refractivity contribution in [3.8, 4) is 5.75 Å². The van der Waals surface area contributed by atoms with E-state index in [0.717, 1.165) is 18.5 Å². The Labute approximate surface area is 128 Å². The van der Waals surface area contributed by atoms with Gasteiger partial charge in [-0.15, -0.1) is 0 Å². The quantitative estimate of drug-likeness (QED) is 0.883. The normalized spacial score (nSPS) is 10.3. The SMILES string of the molecule is CCCc1cc(=O)n(CC(=O)Nc2ccc(OC)cc2)cn1. The maximum atomic E-state index is 12.0. The molecule has 0 unspecified atom stereocenters. The molecule has 2 aromatic rings. The molecule has 0 aliphatic heterocycles. The average molecular weight is 301 g/mol. The zero-order valence-electron chi connectivity index (χ0n) is 12.7. The maximum absolute atomic E-state index is 12.0. The van der Waals surface area contributed by atoms with E-state index in [-0.39, 0.29) is 18.0 Å². The Morgan fingerprint density at radius 1 is 1.32 bits per heavy atom. The van der Waals surface area contributed by atoms with Gasteiger partial charge in [0.2, 0.25) is 5.91 Å². The third kappa shape index (κ3) is 4.18. The first-order chi connectivity index (χ1) is 10.6. The summed E-state index contributed by atoms with van der Waals surface area (Å²) in [7, 11) is 1.58. The highest BCUT2D eigenvalue weighted by atomic mass is 16.5. The molecule has 1 aromatic carbocycles. The van der Waals surface area contributed by atoms with Crippen molar-refractivity contribution < 1.29 is 9.53 Å². The van der Waals surface area contributed by atoms with Crippen molar-refractivity contribution in [3.63, 3.8) is 0 Å². The molecule has 6 heteroatoms. The van der Waals surface area contributed by atoms with Gasteiger partial charge in [0.25, 0.3) is 5.56 Å². The Hall–Kier alpha value is -2.63. The summed E-state index contributed by atoms with van der Waals surface area (Å²) in [6.07, 6.45) is 3.10. The second kappa shape index (κ2) is 7.40. The van der Waals surface area contributed by atoms with Crippen LogP contribution in [0.3, 0.4) is 0 Å². The summed E-state index contributed by atoms with van der Waals surface area (Å²) >= 11 is 0. The van der Waals surface area contributed by atoms with Crippen LogP contribution >= 0.6 is 0 Å². The highest BCUT2D eigenvalue weighted by molar-refractivity contribution is 5.90. The summed E-state index contributed by atoms with van der Waals surface area (Å²) < 4.78 is 6.34. The van der Waals surface area contributed by atoms with Crippen LogP contribution in [0.15, 0.2) is 41.5 Å². The lowest BCUT2D eigenvalue weighted by molar-refractivity contribution is -0.116. The Bertz CT molecular complexity index is 693. The van der Waals surface area contributed by atoms with Crippen molar-refractivity contribution in [2.75, 3.05) is 12.4 Å². The van der Waals surface area contributed by atoms with E-state index >= 15 is 0 Å². The fourth-order valence-corrected chi connectivity index (χ4v) is 2.00. The van der Waals surface area contributed by atoms with E-state index in [1.807, 2.05) is 6.92 Å². The number of hydrogen-bond acceptors (Lipinski definition) is 4. The zero-order chi connectivity index (χ0) is 15.9. The molecule has 0 radical (unpaired) electrons. The monoisotopic (exact) mass is 301 g/mol. The molecule has 1 N–H and O–H groups in total. The highest BCUT2D eigenvalue weighted by Crippen LogP contribution is 2.14. The van der Waals surface area contributed by atoms with Crippen LogP contribution in [-0.4, -0.2) is 22.6 Å². The van der Waals surface area contributed by atoms with Crippen LogP contribution in [0.4, 0.5) is 5.69 Å². The molecular formula is C16H19N3O3. The minimum Gasteiger partial charge on any atom is -0.497 e. The third-order valence-corrected chi connectivity index (χ3v) is 3.13. The van der Waals surface area contributed by atoms with E-state index in [2.05, 4.69) is 10.3 Å². The molecule has 6 nitrogen and oxygen atoms in total. The molecule has 0 saturated heterocycles. The van der Waals surface area contributed by atoms with E-state index < -0.39 is 0 Å². The zero-order valence-corrected chi connectivity index (χ0v) is 12.7. The largest absolute Gasteiger partial charge is 0.497 e. The van der Waals surface area contributed by atoms with Gasteiger partial charge in [-0.1, -0.05) is 13.3 Å². The number of hydrogen-bond donors (Lipinski definition) is 1. The van der Waals surface area contributed by atoms with E-state index in [1.165, 1.54) is 17.0 Å². The average Bonchev–Trinajstić information content (AvgIpc) is 2.51. The van der Waals surface area contributed by atoms with Gasteiger partial charge in [-0.2, -0.15) is 0 Å². The molecule has 22 heavy (non-hydrogen) atoms. The van der Waals surface area contributed by atoms with Crippen molar-refractivity contribution in [2.45, 2.75) is 26.3 Å². The maximum Gasteiger partial charge on any atom is 0.253 e. The minimum absolute atomic E-state index is 0.0652. The van der Waals surface area contributed by atoms with Gasteiger partial charge < -0.3 is 10.1 Å². The smallest absolute Gasteiger partial charge is 0.253 e. The highest BCUT2D eigenvalue weighted by Gasteiger charge is 2.06. The summed E-state index contributed by atoms with van der Waals surface area (Å²) in [5.41, 5.74) is 1.18. The predicted octanol–water partition coefficient (Wildman–Crippen LogP) is 1.84. The van der Waals surface area contributed by atoms with Crippen molar-refractivity contribution >= 4 is 11.6 Å². The van der Waals surface area contributed by atoms with Crippen molar-refractivity contribution in [2.24, 2.45) is 0 Å². The Morgan fingerprint density at radius 2 is 2.05 bits per heavy atom. The second-order valence-electron chi connectivity index (χ2n) is 4.87. The Kier molecular flexibility index (Phi) is 5.30. The summed E-state index contributed by atoms with van der Waals surface area (Å²) in [4.78, 5) is 28.1. The van der Waals surface area contributed by atoms with Crippen LogP contribution in [0.25, 0.3) is 0 Å². The summed E-state index contributed by atoms with van der Waals surface area (Å²) in [5.74, 6) is 0.433. The number of rotatable bonds is 6. The fraction of sp³-hybridized carbons (Fsp3) is 0.312. The van der Waals surface area contributed by atoms with Crippen LogP contribution in [-0.2, 0) is 17.8 Å². The van der Waals surface area contributed by atoms with Crippen LogP contribution in [0, 0.1) is 0 Å². The standard InChI is InChI=1S/C16H19N3O3/c1-3-4-13-9-16(21)19(11-17-13)10-15(20)18-12-5-7-14(22-2)8-6-12/h5-9,11H,3-4,10H2,1-2H3,(H,18,20). The Balaban J connectivity index is 2.00. The molecule has 0 bridgehead atoms. The Morgan fingerprint density at radius 3 is 2.64 bits per heavy atom. The molecule has 1 heterocycles. The lowest BCUT2D eigenvalue weighted by atomic mass is 10.2. The van der Waals surface area contributed by atoms with Gasteiger partial charge >= 0.3 is 0 Å². The number of nitrogens with one attached hydrogen (secondary N) is 1. The van der Waals surface area contributed by atoms with E-state index in [9.17, 15) is 9.59 Å². The molecular weight excluding hydrogens is 282 g/mol. The van der Waals surface area contributed by atoms with Gasteiger partial charge in [0.05, 0.1) is 13.4 Å². The number of ether oxygens (including phenoxy) is 1. The number of aromatic nitrogens is 2. The van der Waals surface area contributed by atoms with Gasteiger partial charge in [-0.3, -0.25) is 14.2 Å². The van der Waals surface area contributed by atoms with E-state index in [4.69, 9.17) is 4.74 Å². The first kappa shape index (κ1) is 15.8. The third-order valence-electron chi connectivity index (χ3n) is 3.13. The molecule has 0 aliphatic rings. The molecule has 1 aromatic heterocycles. The van der Waals surface area contributed by atoms with Gasteiger partial charge in [0.1, 0.15) is 12.3 Å². The number of methoxy groups -OCH3 is 1.